The Hall–Kier alpha value is -1.73. The lowest BCUT2D eigenvalue weighted by molar-refractivity contribution is 0.0808. The van der Waals surface area contributed by atoms with Crippen LogP contribution in [0.1, 0.15) is 23.0 Å². The Morgan fingerprint density at radius 1 is 1.55 bits per heavy atom. The van der Waals surface area contributed by atoms with E-state index in [0.29, 0.717) is 29.7 Å². The number of halogens is 2. The smallest absolute Gasteiger partial charge is 0.270 e. The molecule has 0 bridgehead atoms. The second-order valence-corrected chi connectivity index (χ2v) is 5.93. The molecular weight excluding hydrogens is 309 g/mol. The fraction of sp³-hybridized carbons (Fsp3) is 0.500. The molecule has 0 aromatic carbocycles. The van der Waals surface area contributed by atoms with E-state index in [4.69, 9.17) is 11.6 Å². The topological polar surface area (TPSA) is 63.1 Å². The molecule has 3 rings (SSSR count). The number of fused-ring (bicyclic) bond motifs is 1. The first kappa shape index (κ1) is 15.2. The van der Waals surface area contributed by atoms with Crippen LogP contribution in [0.25, 0.3) is 11.0 Å². The number of hydrogen-bond acceptors (Lipinski definition) is 4. The highest BCUT2D eigenvalue weighted by atomic mass is 35.5. The predicted octanol–water partition coefficient (Wildman–Crippen LogP) is 1.66. The Labute approximate surface area is 132 Å². The van der Waals surface area contributed by atoms with Crippen LogP contribution in [0, 0.1) is 0 Å². The molecule has 1 aliphatic rings. The molecule has 1 N–H and O–H groups in total. The van der Waals surface area contributed by atoms with Crippen molar-refractivity contribution in [3.8, 4) is 0 Å². The fourth-order valence-corrected chi connectivity index (χ4v) is 2.94. The molecule has 0 spiro atoms. The molecule has 1 saturated heterocycles. The highest BCUT2D eigenvalue weighted by Crippen LogP contribution is 2.30. The molecule has 0 radical (unpaired) electrons. The fourth-order valence-electron chi connectivity index (χ4n) is 2.81. The van der Waals surface area contributed by atoms with Crippen molar-refractivity contribution in [2.45, 2.75) is 18.6 Å². The van der Waals surface area contributed by atoms with Gasteiger partial charge >= 0.3 is 0 Å². The van der Waals surface area contributed by atoms with E-state index in [-0.39, 0.29) is 17.7 Å². The summed E-state index contributed by atoms with van der Waals surface area (Å²) in [4.78, 5) is 22.1. The van der Waals surface area contributed by atoms with E-state index in [2.05, 4.69) is 15.3 Å². The van der Waals surface area contributed by atoms with Gasteiger partial charge in [-0.3, -0.25) is 4.79 Å². The highest BCUT2D eigenvalue weighted by molar-refractivity contribution is 6.28. The van der Waals surface area contributed by atoms with Gasteiger partial charge in [-0.05, 0) is 30.6 Å². The Kier molecular flexibility index (Phi) is 4.01. The minimum atomic E-state index is -1.09. The number of piperidine rings is 1. The minimum Gasteiger partial charge on any atom is -0.343 e. The van der Waals surface area contributed by atoms with Crippen LogP contribution in [0.2, 0.25) is 5.28 Å². The van der Waals surface area contributed by atoms with Crippen LogP contribution in [-0.4, -0.2) is 58.7 Å². The maximum absolute atomic E-state index is 14.4. The van der Waals surface area contributed by atoms with Gasteiger partial charge in [-0.1, -0.05) is 0 Å². The predicted molar refractivity (Wildman–Crippen MR) is 82.0 cm³/mol. The molecule has 22 heavy (non-hydrogen) atoms. The van der Waals surface area contributed by atoms with Crippen LogP contribution in [-0.2, 0) is 0 Å². The third-order valence-corrected chi connectivity index (χ3v) is 4.06. The van der Waals surface area contributed by atoms with Crippen LogP contribution in [0.15, 0.2) is 12.3 Å². The van der Waals surface area contributed by atoms with Gasteiger partial charge in [0.1, 0.15) is 17.5 Å². The van der Waals surface area contributed by atoms with Gasteiger partial charge in [0, 0.05) is 32.2 Å². The number of amides is 1. The van der Waals surface area contributed by atoms with E-state index in [0.717, 1.165) is 0 Å². The average Bonchev–Trinajstić information content (AvgIpc) is 2.85. The lowest BCUT2D eigenvalue weighted by atomic mass is 10.0. The molecule has 1 amide bonds. The molecule has 3 heterocycles. The molecule has 2 atom stereocenters. The van der Waals surface area contributed by atoms with Crippen LogP contribution >= 0.6 is 11.6 Å². The van der Waals surface area contributed by atoms with Gasteiger partial charge in [0.05, 0.1) is 6.04 Å². The number of alkyl halides is 1. The summed E-state index contributed by atoms with van der Waals surface area (Å²) in [5.74, 6) is -0.195. The van der Waals surface area contributed by atoms with Crippen molar-refractivity contribution >= 4 is 28.5 Å². The molecule has 2 aromatic heterocycles. The summed E-state index contributed by atoms with van der Waals surface area (Å²) in [6.45, 7) is 0.956. The van der Waals surface area contributed by atoms with Crippen molar-refractivity contribution < 1.29 is 9.18 Å². The normalized spacial score (nSPS) is 22.0. The van der Waals surface area contributed by atoms with Gasteiger partial charge in [0.25, 0.3) is 5.91 Å². The third-order valence-electron chi connectivity index (χ3n) is 3.88. The summed E-state index contributed by atoms with van der Waals surface area (Å²) in [5.41, 5.74) is 0.908. The van der Waals surface area contributed by atoms with Crippen molar-refractivity contribution in [1.29, 1.82) is 0 Å². The lowest BCUT2D eigenvalue weighted by Crippen LogP contribution is -2.40. The first-order valence-corrected chi connectivity index (χ1v) is 7.46. The largest absolute Gasteiger partial charge is 0.343 e. The standard InChI is InChI=1S/C14H17ClFN5O/c1-20(2)13(22)11-5-8-6-18-14(15)19-12(8)21(11)10-3-4-17-7-9(10)16/h5-6,9-10,17H,3-4,7H2,1-2H3/t9-,10+/m0/s1. The summed E-state index contributed by atoms with van der Waals surface area (Å²) >= 11 is 5.88. The van der Waals surface area contributed by atoms with Crippen LogP contribution < -0.4 is 5.32 Å². The SMILES string of the molecule is CN(C)C(=O)c1cc2cnc(Cl)nc2n1[C@@H]1CCNC[C@@H]1F. The number of hydrogen-bond donors (Lipinski definition) is 1. The minimum absolute atomic E-state index is 0.0834. The van der Waals surface area contributed by atoms with Crippen molar-refractivity contribution in [3.05, 3.63) is 23.2 Å². The molecule has 2 aromatic rings. The number of carbonyl (C=O) groups excluding carboxylic acids is 1. The zero-order chi connectivity index (χ0) is 15.9. The maximum atomic E-state index is 14.4. The molecule has 1 aliphatic heterocycles. The average molecular weight is 326 g/mol. The molecule has 6 nitrogen and oxygen atoms in total. The zero-order valence-corrected chi connectivity index (χ0v) is 13.1. The Morgan fingerprint density at radius 3 is 3.00 bits per heavy atom. The zero-order valence-electron chi connectivity index (χ0n) is 12.4. The summed E-state index contributed by atoms with van der Waals surface area (Å²) in [6, 6.07) is 1.26. The van der Waals surface area contributed by atoms with Crippen molar-refractivity contribution in [2.75, 3.05) is 27.2 Å². The molecule has 0 saturated carbocycles. The van der Waals surface area contributed by atoms with E-state index in [1.807, 2.05) is 0 Å². The monoisotopic (exact) mass is 325 g/mol. The van der Waals surface area contributed by atoms with E-state index < -0.39 is 12.2 Å². The summed E-state index contributed by atoms with van der Waals surface area (Å²) < 4.78 is 16.1. The summed E-state index contributed by atoms with van der Waals surface area (Å²) in [6.07, 6.45) is 1.05. The van der Waals surface area contributed by atoms with E-state index in [1.165, 1.54) is 4.90 Å². The Bertz CT molecular complexity index is 717. The Balaban J connectivity index is 2.21. The molecule has 0 aliphatic carbocycles. The highest BCUT2D eigenvalue weighted by Gasteiger charge is 2.31. The quantitative estimate of drug-likeness (QED) is 0.853. The van der Waals surface area contributed by atoms with Gasteiger partial charge in [-0.2, -0.15) is 4.98 Å². The van der Waals surface area contributed by atoms with Gasteiger partial charge in [0.2, 0.25) is 5.28 Å². The molecule has 118 valence electrons. The van der Waals surface area contributed by atoms with E-state index in [1.54, 1.807) is 30.9 Å². The van der Waals surface area contributed by atoms with E-state index >= 15 is 0 Å². The van der Waals surface area contributed by atoms with Crippen molar-refractivity contribution in [2.24, 2.45) is 0 Å². The number of aromatic nitrogens is 3. The van der Waals surface area contributed by atoms with Crippen LogP contribution in [0.5, 0.6) is 0 Å². The van der Waals surface area contributed by atoms with Crippen molar-refractivity contribution in [3.63, 3.8) is 0 Å². The summed E-state index contributed by atoms with van der Waals surface area (Å²) in [7, 11) is 3.33. The molecule has 0 unspecified atom stereocenters. The molecule has 8 heteroatoms. The van der Waals surface area contributed by atoms with Gasteiger partial charge in [0.15, 0.2) is 0 Å². The van der Waals surface area contributed by atoms with Gasteiger partial charge in [-0.15, -0.1) is 0 Å². The number of nitrogens with one attached hydrogen (secondary N) is 1. The van der Waals surface area contributed by atoms with E-state index in [9.17, 15) is 9.18 Å². The first-order chi connectivity index (χ1) is 10.5. The third kappa shape index (κ3) is 2.55. The summed E-state index contributed by atoms with van der Waals surface area (Å²) in [5, 5.41) is 3.78. The van der Waals surface area contributed by atoms with Gasteiger partial charge in [-0.25, -0.2) is 9.37 Å². The second kappa shape index (κ2) is 5.81. The lowest BCUT2D eigenvalue weighted by Gasteiger charge is -2.30. The van der Waals surface area contributed by atoms with Crippen LogP contribution in [0.4, 0.5) is 4.39 Å². The molecular formula is C14H17ClFN5O. The van der Waals surface area contributed by atoms with Crippen LogP contribution in [0.3, 0.4) is 0 Å². The van der Waals surface area contributed by atoms with Crippen molar-refractivity contribution in [1.82, 2.24) is 24.8 Å². The maximum Gasteiger partial charge on any atom is 0.270 e. The Morgan fingerprint density at radius 2 is 2.32 bits per heavy atom. The van der Waals surface area contributed by atoms with Gasteiger partial charge < -0.3 is 14.8 Å². The number of carbonyl (C=O) groups is 1. The number of nitrogens with zero attached hydrogens (tertiary/aromatic N) is 4. The number of rotatable bonds is 2. The second-order valence-electron chi connectivity index (χ2n) is 5.59. The first-order valence-electron chi connectivity index (χ1n) is 7.09. The molecule has 1 fully saturated rings.